The summed E-state index contributed by atoms with van der Waals surface area (Å²) in [4.78, 5) is 14.6. The number of nitrogens with zero attached hydrogens (tertiary/aromatic N) is 1. The molecule has 0 aliphatic carbocycles. The minimum Gasteiger partial charge on any atom is -0.447 e. The van der Waals surface area contributed by atoms with Gasteiger partial charge >= 0.3 is 0 Å². The predicted molar refractivity (Wildman–Crippen MR) is 55.3 cm³/mol. The van der Waals surface area contributed by atoms with Crippen LogP contribution in [0.25, 0.3) is 0 Å². The Hall–Kier alpha value is -0.770. The van der Waals surface area contributed by atoms with Crippen LogP contribution in [0.2, 0.25) is 0 Å². The van der Waals surface area contributed by atoms with E-state index in [1.54, 1.807) is 6.26 Å². The van der Waals surface area contributed by atoms with Crippen molar-refractivity contribution >= 4 is 18.0 Å². The molecule has 0 saturated carbocycles. The summed E-state index contributed by atoms with van der Waals surface area (Å²) in [5, 5.41) is 0.407. The van der Waals surface area contributed by atoms with E-state index in [1.807, 2.05) is 11.8 Å². The second-order valence-corrected chi connectivity index (χ2v) is 4.71. The molecule has 1 aromatic rings. The first-order valence-electron chi connectivity index (χ1n) is 4.89. The monoisotopic (exact) mass is 211 g/mol. The van der Waals surface area contributed by atoms with Crippen molar-refractivity contribution in [1.29, 1.82) is 0 Å². The van der Waals surface area contributed by atoms with Crippen LogP contribution in [0.5, 0.6) is 0 Å². The minimum atomic E-state index is 0.362. The van der Waals surface area contributed by atoms with Crippen LogP contribution in [-0.4, -0.2) is 17.0 Å². The number of hydrogen-bond acceptors (Lipinski definition) is 4. The standard InChI is InChI=1S/C10H13NO2S/c12-5-4-8-7-13-10(11-8)9-3-1-2-6-14-9/h5,7,9H,1-4,6H2. The van der Waals surface area contributed by atoms with E-state index in [9.17, 15) is 4.79 Å². The number of rotatable bonds is 3. The highest BCUT2D eigenvalue weighted by atomic mass is 32.2. The van der Waals surface area contributed by atoms with Crippen LogP contribution < -0.4 is 0 Å². The molecule has 0 spiro atoms. The molecule has 1 aliphatic rings. The van der Waals surface area contributed by atoms with E-state index in [2.05, 4.69) is 4.98 Å². The van der Waals surface area contributed by atoms with Crippen molar-refractivity contribution in [2.45, 2.75) is 30.9 Å². The normalized spacial score (nSPS) is 22.1. The Morgan fingerprint density at radius 2 is 2.57 bits per heavy atom. The molecule has 1 unspecified atom stereocenters. The van der Waals surface area contributed by atoms with Crippen molar-refractivity contribution in [3.63, 3.8) is 0 Å². The molecule has 0 aromatic carbocycles. The Kier molecular flexibility index (Phi) is 3.24. The van der Waals surface area contributed by atoms with Crippen molar-refractivity contribution in [3.8, 4) is 0 Å². The molecule has 1 fully saturated rings. The van der Waals surface area contributed by atoms with Crippen molar-refractivity contribution in [3.05, 3.63) is 17.8 Å². The number of oxazole rings is 1. The van der Waals surface area contributed by atoms with E-state index < -0.39 is 0 Å². The Bertz CT molecular complexity index is 305. The second kappa shape index (κ2) is 4.64. The third-order valence-corrected chi connectivity index (χ3v) is 3.68. The van der Waals surface area contributed by atoms with Gasteiger partial charge in [0.2, 0.25) is 5.89 Å². The van der Waals surface area contributed by atoms with E-state index in [0.29, 0.717) is 11.7 Å². The van der Waals surface area contributed by atoms with Gasteiger partial charge < -0.3 is 9.21 Å². The van der Waals surface area contributed by atoms with Crippen LogP contribution in [0, 0.1) is 0 Å². The summed E-state index contributed by atoms with van der Waals surface area (Å²) in [6, 6.07) is 0. The van der Waals surface area contributed by atoms with Crippen LogP contribution in [0.4, 0.5) is 0 Å². The molecule has 0 amide bonds. The minimum absolute atomic E-state index is 0.362. The van der Waals surface area contributed by atoms with Crippen LogP contribution in [0.3, 0.4) is 0 Å². The zero-order valence-corrected chi connectivity index (χ0v) is 8.76. The third-order valence-electron chi connectivity index (χ3n) is 2.32. The van der Waals surface area contributed by atoms with Gasteiger partial charge in [0.1, 0.15) is 12.5 Å². The fraction of sp³-hybridized carbons (Fsp3) is 0.600. The molecule has 14 heavy (non-hydrogen) atoms. The van der Waals surface area contributed by atoms with Crippen LogP contribution in [0.1, 0.15) is 36.1 Å². The maximum atomic E-state index is 10.3. The van der Waals surface area contributed by atoms with Crippen molar-refractivity contribution in [2.24, 2.45) is 0 Å². The maximum Gasteiger partial charge on any atom is 0.207 e. The first kappa shape index (κ1) is 9.77. The zero-order valence-electron chi connectivity index (χ0n) is 7.94. The van der Waals surface area contributed by atoms with E-state index in [-0.39, 0.29) is 0 Å². The molecule has 4 heteroatoms. The molecule has 1 aliphatic heterocycles. The molecule has 0 bridgehead atoms. The molecule has 0 radical (unpaired) electrons. The van der Waals surface area contributed by atoms with Crippen LogP contribution >= 0.6 is 11.8 Å². The van der Waals surface area contributed by atoms with Gasteiger partial charge in [0.15, 0.2) is 0 Å². The lowest BCUT2D eigenvalue weighted by Gasteiger charge is -2.17. The zero-order chi connectivity index (χ0) is 9.80. The van der Waals surface area contributed by atoms with E-state index >= 15 is 0 Å². The van der Waals surface area contributed by atoms with Gasteiger partial charge in [-0.1, -0.05) is 6.42 Å². The summed E-state index contributed by atoms with van der Waals surface area (Å²) in [5.74, 6) is 1.99. The van der Waals surface area contributed by atoms with Gasteiger partial charge in [-0.2, -0.15) is 0 Å². The number of carbonyl (C=O) groups excluding carboxylic acids is 1. The lowest BCUT2D eigenvalue weighted by atomic mass is 10.2. The summed E-state index contributed by atoms with van der Waals surface area (Å²) < 4.78 is 5.37. The molecule has 2 rings (SSSR count). The Morgan fingerprint density at radius 3 is 3.29 bits per heavy atom. The second-order valence-electron chi connectivity index (χ2n) is 3.40. The van der Waals surface area contributed by atoms with E-state index in [0.717, 1.165) is 24.3 Å². The Balaban J connectivity index is 2.03. The lowest BCUT2D eigenvalue weighted by Crippen LogP contribution is -2.02. The van der Waals surface area contributed by atoms with E-state index in [1.165, 1.54) is 18.6 Å². The number of aromatic nitrogens is 1. The molecular formula is C10H13NO2S. The highest BCUT2D eigenvalue weighted by Gasteiger charge is 2.20. The predicted octanol–water partition coefficient (Wildman–Crippen LogP) is 2.37. The molecular weight excluding hydrogens is 198 g/mol. The van der Waals surface area contributed by atoms with Gasteiger partial charge in [0.25, 0.3) is 0 Å². The van der Waals surface area contributed by atoms with Gasteiger partial charge in [-0.15, -0.1) is 11.8 Å². The molecule has 1 saturated heterocycles. The SMILES string of the molecule is O=CCc1coc(C2CCCCS2)n1. The number of thioether (sulfide) groups is 1. The average molecular weight is 211 g/mol. The van der Waals surface area contributed by atoms with Crippen LogP contribution in [0.15, 0.2) is 10.7 Å². The number of carbonyl (C=O) groups is 1. The fourth-order valence-electron chi connectivity index (χ4n) is 1.59. The van der Waals surface area contributed by atoms with Gasteiger partial charge in [-0.25, -0.2) is 4.98 Å². The van der Waals surface area contributed by atoms with Crippen LogP contribution in [-0.2, 0) is 11.2 Å². The average Bonchev–Trinajstić information content (AvgIpc) is 2.68. The lowest BCUT2D eigenvalue weighted by molar-refractivity contribution is -0.107. The van der Waals surface area contributed by atoms with Gasteiger partial charge in [-0.05, 0) is 18.6 Å². The first-order chi connectivity index (χ1) is 6.90. The molecule has 1 aromatic heterocycles. The summed E-state index contributed by atoms with van der Waals surface area (Å²) in [7, 11) is 0. The Morgan fingerprint density at radius 1 is 1.64 bits per heavy atom. The number of aldehydes is 1. The molecule has 0 N–H and O–H groups in total. The number of hydrogen-bond donors (Lipinski definition) is 0. The summed E-state index contributed by atoms with van der Waals surface area (Å²) in [6.07, 6.45) is 6.51. The summed E-state index contributed by atoms with van der Waals surface area (Å²) in [6.45, 7) is 0. The Labute approximate surface area is 87.3 Å². The highest BCUT2D eigenvalue weighted by Crippen LogP contribution is 2.37. The maximum absolute atomic E-state index is 10.3. The topological polar surface area (TPSA) is 43.1 Å². The smallest absolute Gasteiger partial charge is 0.207 e. The van der Waals surface area contributed by atoms with Gasteiger partial charge in [-0.3, -0.25) is 0 Å². The molecule has 76 valence electrons. The third kappa shape index (κ3) is 2.18. The van der Waals surface area contributed by atoms with E-state index in [4.69, 9.17) is 4.42 Å². The van der Waals surface area contributed by atoms with Crippen molar-refractivity contribution in [1.82, 2.24) is 4.98 Å². The largest absolute Gasteiger partial charge is 0.447 e. The van der Waals surface area contributed by atoms with Crippen molar-refractivity contribution in [2.75, 3.05) is 5.75 Å². The fourth-order valence-corrected chi connectivity index (χ4v) is 2.82. The highest BCUT2D eigenvalue weighted by molar-refractivity contribution is 7.99. The van der Waals surface area contributed by atoms with Gasteiger partial charge in [0, 0.05) is 6.42 Å². The molecule has 3 nitrogen and oxygen atoms in total. The summed E-state index contributed by atoms with van der Waals surface area (Å²) >= 11 is 1.90. The molecule has 2 heterocycles. The molecule has 1 atom stereocenters. The quantitative estimate of drug-likeness (QED) is 0.720. The summed E-state index contributed by atoms with van der Waals surface area (Å²) in [5.41, 5.74) is 0.751. The van der Waals surface area contributed by atoms with Gasteiger partial charge in [0.05, 0.1) is 10.9 Å². The van der Waals surface area contributed by atoms with Crippen molar-refractivity contribution < 1.29 is 9.21 Å². The first-order valence-corrected chi connectivity index (χ1v) is 5.94.